The van der Waals surface area contributed by atoms with Crippen LogP contribution in [0.2, 0.25) is 0 Å². The lowest BCUT2D eigenvalue weighted by atomic mass is 10.2. The SMILES string of the molecule is CC(C)COCCOc1cc(F)c(S(N)(=O)=O)cc1Br. The first-order valence-corrected chi connectivity index (χ1v) is 8.28. The molecule has 1 aromatic rings. The molecule has 20 heavy (non-hydrogen) atoms. The molecule has 0 saturated carbocycles. The van der Waals surface area contributed by atoms with Gasteiger partial charge in [-0.25, -0.2) is 17.9 Å². The lowest BCUT2D eigenvalue weighted by Crippen LogP contribution is -2.15. The normalized spacial score (nSPS) is 11.9. The van der Waals surface area contributed by atoms with E-state index in [0.717, 1.165) is 12.1 Å². The van der Waals surface area contributed by atoms with Crippen molar-refractivity contribution in [3.05, 3.63) is 22.4 Å². The summed E-state index contributed by atoms with van der Waals surface area (Å²) in [5.74, 6) is -0.329. The third-order valence-corrected chi connectivity index (χ3v) is 3.77. The number of halogens is 2. The van der Waals surface area contributed by atoms with Gasteiger partial charge in [-0.1, -0.05) is 13.8 Å². The van der Waals surface area contributed by atoms with Gasteiger partial charge < -0.3 is 9.47 Å². The standard InChI is InChI=1S/C12H17BrFNO4S/c1-8(2)7-18-3-4-19-11-6-10(14)12(5-9(11)13)20(15,16)17/h5-6,8H,3-4,7H2,1-2H3,(H2,15,16,17). The van der Waals surface area contributed by atoms with Gasteiger partial charge in [0.05, 0.1) is 11.1 Å². The van der Waals surface area contributed by atoms with E-state index < -0.39 is 20.7 Å². The summed E-state index contributed by atoms with van der Waals surface area (Å²) >= 11 is 3.11. The summed E-state index contributed by atoms with van der Waals surface area (Å²) in [7, 11) is -4.10. The maximum atomic E-state index is 13.6. The maximum absolute atomic E-state index is 13.6. The lowest BCUT2D eigenvalue weighted by Gasteiger charge is -2.11. The number of rotatable bonds is 7. The Bertz CT molecular complexity index is 563. The van der Waals surface area contributed by atoms with Gasteiger partial charge in [0, 0.05) is 12.7 Å². The minimum atomic E-state index is -4.10. The van der Waals surface area contributed by atoms with Crippen molar-refractivity contribution < 1.29 is 22.3 Å². The molecule has 1 rings (SSSR count). The first-order chi connectivity index (χ1) is 9.21. The van der Waals surface area contributed by atoms with Crippen molar-refractivity contribution in [1.82, 2.24) is 0 Å². The second kappa shape index (κ2) is 7.35. The number of hydrogen-bond acceptors (Lipinski definition) is 4. The maximum Gasteiger partial charge on any atom is 0.241 e. The van der Waals surface area contributed by atoms with E-state index in [4.69, 9.17) is 14.6 Å². The Balaban J connectivity index is 2.67. The van der Waals surface area contributed by atoms with E-state index in [0.29, 0.717) is 23.6 Å². The Morgan fingerprint density at radius 3 is 2.55 bits per heavy atom. The average molecular weight is 370 g/mol. The second-order valence-electron chi connectivity index (χ2n) is 4.58. The molecule has 0 aliphatic carbocycles. The molecule has 0 bridgehead atoms. The second-order valence-corrected chi connectivity index (χ2v) is 6.96. The first kappa shape index (κ1) is 17.4. The van der Waals surface area contributed by atoms with E-state index in [1.54, 1.807) is 0 Å². The molecular formula is C12H17BrFNO4S. The average Bonchev–Trinajstić information content (AvgIpc) is 2.30. The van der Waals surface area contributed by atoms with Crippen LogP contribution >= 0.6 is 15.9 Å². The summed E-state index contributed by atoms with van der Waals surface area (Å²) in [5.41, 5.74) is 0. The van der Waals surface area contributed by atoms with Gasteiger partial charge in [0.15, 0.2) is 0 Å². The number of ether oxygens (including phenoxy) is 2. The highest BCUT2D eigenvalue weighted by Gasteiger charge is 2.17. The van der Waals surface area contributed by atoms with Crippen molar-refractivity contribution in [1.29, 1.82) is 0 Å². The topological polar surface area (TPSA) is 78.6 Å². The zero-order chi connectivity index (χ0) is 15.3. The third-order valence-electron chi connectivity index (χ3n) is 2.23. The van der Waals surface area contributed by atoms with Crippen LogP contribution in [0.5, 0.6) is 5.75 Å². The summed E-state index contributed by atoms with van der Waals surface area (Å²) in [6.45, 7) is 5.27. The molecule has 0 amide bonds. The molecule has 0 heterocycles. The molecule has 114 valence electrons. The van der Waals surface area contributed by atoms with Crippen molar-refractivity contribution in [2.45, 2.75) is 18.7 Å². The molecule has 0 aliphatic heterocycles. The molecule has 1 aromatic carbocycles. The molecule has 8 heteroatoms. The molecular weight excluding hydrogens is 353 g/mol. The highest BCUT2D eigenvalue weighted by Crippen LogP contribution is 2.29. The van der Waals surface area contributed by atoms with Crippen LogP contribution in [-0.2, 0) is 14.8 Å². The van der Waals surface area contributed by atoms with Gasteiger partial charge in [-0.15, -0.1) is 0 Å². The Labute approximate surface area is 126 Å². The van der Waals surface area contributed by atoms with Crippen LogP contribution < -0.4 is 9.88 Å². The third kappa shape index (κ3) is 5.35. The molecule has 0 atom stereocenters. The van der Waals surface area contributed by atoms with Gasteiger partial charge >= 0.3 is 0 Å². The van der Waals surface area contributed by atoms with Crippen molar-refractivity contribution >= 4 is 26.0 Å². The van der Waals surface area contributed by atoms with Crippen molar-refractivity contribution in [2.75, 3.05) is 19.8 Å². The number of nitrogens with two attached hydrogens (primary N) is 1. The van der Waals surface area contributed by atoms with Crippen LogP contribution in [0, 0.1) is 11.7 Å². The van der Waals surface area contributed by atoms with E-state index in [-0.39, 0.29) is 12.4 Å². The zero-order valence-electron chi connectivity index (χ0n) is 11.2. The van der Waals surface area contributed by atoms with Gasteiger partial charge in [0.2, 0.25) is 10.0 Å². The number of benzene rings is 1. The Kier molecular flexibility index (Phi) is 6.38. The van der Waals surface area contributed by atoms with E-state index in [1.165, 1.54) is 0 Å². The quantitative estimate of drug-likeness (QED) is 0.747. The monoisotopic (exact) mass is 369 g/mol. The fourth-order valence-electron chi connectivity index (χ4n) is 1.37. The highest BCUT2D eigenvalue weighted by molar-refractivity contribution is 9.10. The Hall–Kier alpha value is -0.700. The van der Waals surface area contributed by atoms with Gasteiger partial charge in [0.1, 0.15) is 23.1 Å². The van der Waals surface area contributed by atoms with Crippen molar-refractivity contribution in [3.8, 4) is 5.75 Å². The van der Waals surface area contributed by atoms with Crippen LogP contribution in [0.1, 0.15) is 13.8 Å². The van der Waals surface area contributed by atoms with Gasteiger partial charge in [0.25, 0.3) is 0 Å². The molecule has 0 unspecified atom stereocenters. The van der Waals surface area contributed by atoms with E-state index in [1.807, 2.05) is 13.8 Å². The van der Waals surface area contributed by atoms with Crippen LogP contribution in [0.3, 0.4) is 0 Å². The number of sulfonamides is 1. The zero-order valence-corrected chi connectivity index (χ0v) is 13.6. The minimum absolute atomic E-state index is 0.197. The van der Waals surface area contributed by atoms with Crippen LogP contribution in [0.4, 0.5) is 4.39 Å². The Morgan fingerprint density at radius 2 is 2.00 bits per heavy atom. The van der Waals surface area contributed by atoms with Crippen LogP contribution in [-0.4, -0.2) is 28.2 Å². The highest BCUT2D eigenvalue weighted by atomic mass is 79.9. The minimum Gasteiger partial charge on any atom is -0.490 e. The number of hydrogen-bond donors (Lipinski definition) is 1. The molecule has 0 saturated heterocycles. The van der Waals surface area contributed by atoms with E-state index >= 15 is 0 Å². The predicted octanol–water partition coefficient (Wildman–Crippen LogP) is 2.29. The first-order valence-electron chi connectivity index (χ1n) is 5.94. The summed E-state index contributed by atoms with van der Waals surface area (Å²) < 4.78 is 46.8. The summed E-state index contributed by atoms with van der Waals surface area (Å²) in [4.78, 5) is -0.576. The van der Waals surface area contributed by atoms with Crippen molar-refractivity contribution in [2.24, 2.45) is 11.1 Å². The van der Waals surface area contributed by atoms with Crippen LogP contribution in [0.15, 0.2) is 21.5 Å². The summed E-state index contributed by atoms with van der Waals surface area (Å²) in [5, 5.41) is 4.90. The lowest BCUT2D eigenvalue weighted by molar-refractivity contribution is 0.0816. The van der Waals surface area contributed by atoms with Crippen molar-refractivity contribution in [3.63, 3.8) is 0 Å². The molecule has 0 aliphatic rings. The van der Waals surface area contributed by atoms with Gasteiger partial charge in [-0.05, 0) is 27.9 Å². The summed E-state index contributed by atoms with van der Waals surface area (Å²) in [6, 6.07) is 2.06. The molecule has 0 spiro atoms. The smallest absolute Gasteiger partial charge is 0.241 e. The van der Waals surface area contributed by atoms with E-state index in [9.17, 15) is 12.8 Å². The predicted molar refractivity (Wildman–Crippen MR) is 76.6 cm³/mol. The van der Waals surface area contributed by atoms with E-state index in [2.05, 4.69) is 15.9 Å². The van der Waals surface area contributed by atoms with Gasteiger partial charge in [-0.3, -0.25) is 0 Å². The largest absolute Gasteiger partial charge is 0.490 e. The Morgan fingerprint density at radius 1 is 1.35 bits per heavy atom. The fraction of sp³-hybridized carbons (Fsp3) is 0.500. The van der Waals surface area contributed by atoms with Gasteiger partial charge in [-0.2, -0.15) is 0 Å². The van der Waals surface area contributed by atoms with Crippen LogP contribution in [0.25, 0.3) is 0 Å². The molecule has 5 nitrogen and oxygen atoms in total. The molecule has 0 aromatic heterocycles. The molecule has 0 radical (unpaired) electrons. The fourth-order valence-corrected chi connectivity index (χ4v) is 2.59. The molecule has 2 N–H and O–H groups in total. The number of primary sulfonamides is 1. The summed E-state index contributed by atoms with van der Waals surface area (Å²) in [6.07, 6.45) is 0. The molecule has 0 fully saturated rings.